The molecule has 2 nitrogen and oxygen atoms in total. The summed E-state index contributed by atoms with van der Waals surface area (Å²) in [4.78, 5) is 11.7. The lowest BCUT2D eigenvalue weighted by Crippen LogP contribution is -2.18. The standard InChI is InChI=1S/C14H18FNO/c1-4-11(10(2)3)9-14(17)16-13-7-5-12(15)6-8-13/h4-8,10-11H,1,9H2,2-3H3,(H,16,17). The Labute approximate surface area is 102 Å². The molecule has 1 aromatic rings. The molecule has 1 N–H and O–H groups in total. The van der Waals surface area contributed by atoms with Crippen LogP contribution in [-0.4, -0.2) is 5.91 Å². The van der Waals surface area contributed by atoms with Gasteiger partial charge in [0.25, 0.3) is 0 Å². The maximum Gasteiger partial charge on any atom is 0.224 e. The van der Waals surface area contributed by atoms with E-state index < -0.39 is 0 Å². The Morgan fingerprint density at radius 2 is 2.00 bits per heavy atom. The van der Waals surface area contributed by atoms with Crippen molar-refractivity contribution in [3.8, 4) is 0 Å². The Kier molecular flexibility index (Phi) is 4.88. The minimum atomic E-state index is -0.311. The van der Waals surface area contributed by atoms with Gasteiger partial charge >= 0.3 is 0 Å². The molecule has 0 aromatic heterocycles. The normalized spacial score (nSPS) is 12.2. The number of rotatable bonds is 5. The third-order valence-electron chi connectivity index (χ3n) is 2.71. The van der Waals surface area contributed by atoms with E-state index in [9.17, 15) is 9.18 Å². The van der Waals surface area contributed by atoms with Crippen molar-refractivity contribution >= 4 is 11.6 Å². The van der Waals surface area contributed by atoms with Gasteiger partial charge in [-0.1, -0.05) is 19.9 Å². The summed E-state index contributed by atoms with van der Waals surface area (Å²) in [5, 5.41) is 2.74. The lowest BCUT2D eigenvalue weighted by molar-refractivity contribution is -0.117. The van der Waals surface area contributed by atoms with Crippen LogP contribution >= 0.6 is 0 Å². The van der Waals surface area contributed by atoms with Crippen molar-refractivity contribution in [1.82, 2.24) is 0 Å². The number of carbonyl (C=O) groups excluding carboxylic acids is 1. The van der Waals surface area contributed by atoms with Gasteiger partial charge in [-0.2, -0.15) is 0 Å². The van der Waals surface area contributed by atoms with Gasteiger partial charge in [0.1, 0.15) is 5.82 Å². The first-order chi connectivity index (χ1) is 8.02. The first-order valence-corrected chi connectivity index (χ1v) is 5.71. The maximum absolute atomic E-state index is 12.7. The van der Waals surface area contributed by atoms with Gasteiger partial charge in [0.2, 0.25) is 5.91 Å². The Hall–Kier alpha value is -1.64. The van der Waals surface area contributed by atoms with Crippen LogP contribution in [0.4, 0.5) is 10.1 Å². The van der Waals surface area contributed by atoms with Crippen LogP contribution in [0.3, 0.4) is 0 Å². The highest BCUT2D eigenvalue weighted by atomic mass is 19.1. The van der Waals surface area contributed by atoms with Crippen molar-refractivity contribution < 1.29 is 9.18 Å². The summed E-state index contributed by atoms with van der Waals surface area (Å²) in [5.41, 5.74) is 0.614. The van der Waals surface area contributed by atoms with E-state index in [0.29, 0.717) is 18.0 Å². The fraction of sp³-hybridized carbons (Fsp3) is 0.357. The Morgan fingerprint density at radius 3 is 2.47 bits per heavy atom. The average Bonchev–Trinajstić information content (AvgIpc) is 2.28. The number of anilines is 1. The van der Waals surface area contributed by atoms with Gasteiger partial charge in [-0.15, -0.1) is 6.58 Å². The number of amides is 1. The summed E-state index contributed by atoms with van der Waals surface area (Å²) in [6.45, 7) is 7.83. The zero-order chi connectivity index (χ0) is 12.8. The molecule has 0 radical (unpaired) electrons. The summed E-state index contributed by atoms with van der Waals surface area (Å²) >= 11 is 0. The van der Waals surface area contributed by atoms with Crippen molar-refractivity contribution in [2.24, 2.45) is 11.8 Å². The summed E-state index contributed by atoms with van der Waals surface area (Å²) in [6.07, 6.45) is 2.20. The van der Waals surface area contributed by atoms with E-state index in [2.05, 4.69) is 25.7 Å². The Morgan fingerprint density at radius 1 is 1.41 bits per heavy atom. The van der Waals surface area contributed by atoms with Gasteiger partial charge in [-0.05, 0) is 36.1 Å². The predicted molar refractivity (Wildman–Crippen MR) is 68.2 cm³/mol. The first kappa shape index (κ1) is 13.4. The second kappa shape index (κ2) is 6.18. The molecule has 1 atom stereocenters. The van der Waals surface area contributed by atoms with E-state index in [1.54, 1.807) is 18.2 Å². The SMILES string of the molecule is C=CC(CC(=O)Nc1ccc(F)cc1)C(C)C. The second-order valence-corrected chi connectivity index (χ2v) is 4.40. The number of carbonyl (C=O) groups is 1. The molecule has 0 aliphatic carbocycles. The van der Waals surface area contributed by atoms with Gasteiger partial charge in [0.05, 0.1) is 0 Å². The van der Waals surface area contributed by atoms with E-state index in [0.717, 1.165) is 0 Å². The van der Waals surface area contributed by atoms with Crippen LogP contribution in [0.1, 0.15) is 20.3 Å². The van der Waals surface area contributed by atoms with Gasteiger partial charge < -0.3 is 5.32 Å². The van der Waals surface area contributed by atoms with Crippen molar-refractivity contribution in [3.63, 3.8) is 0 Å². The van der Waals surface area contributed by atoms with E-state index in [1.165, 1.54) is 12.1 Å². The minimum Gasteiger partial charge on any atom is -0.326 e. The molecule has 0 spiro atoms. The number of benzene rings is 1. The first-order valence-electron chi connectivity index (χ1n) is 5.71. The topological polar surface area (TPSA) is 29.1 Å². The Bertz CT molecular complexity index is 384. The molecule has 0 heterocycles. The van der Waals surface area contributed by atoms with Crippen LogP contribution in [0.15, 0.2) is 36.9 Å². The lowest BCUT2D eigenvalue weighted by Gasteiger charge is -2.15. The lowest BCUT2D eigenvalue weighted by atomic mass is 9.92. The fourth-order valence-electron chi connectivity index (χ4n) is 1.55. The molecule has 1 unspecified atom stereocenters. The molecule has 0 aliphatic heterocycles. The number of hydrogen-bond donors (Lipinski definition) is 1. The van der Waals surface area contributed by atoms with Crippen LogP contribution in [0.5, 0.6) is 0 Å². The fourth-order valence-corrected chi connectivity index (χ4v) is 1.55. The van der Waals surface area contributed by atoms with Crippen LogP contribution in [0.25, 0.3) is 0 Å². The molecule has 3 heteroatoms. The van der Waals surface area contributed by atoms with Crippen molar-refractivity contribution in [3.05, 3.63) is 42.7 Å². The minimum absolute atomic E-state index is 0.0739. The smallest absolute Gasteiger partial charge is 0.224 e. The second-order valence-electron chi connectivity index (χ2n) is 4.40. The van der Waals surface area contributed by atoms with Gasteiger partial charge in [-0.25, -0.2) is 4.39 Å². The van der Waals surface area contributed by atoms with E-state index in [1.807, 2.05) is 0 Å². The molecule has 0 bridgehead atoms. The number of halogens is 1. The molecule has 1 amide bonds. The maximum atomic E-state index is 12.7. The largest absolute Gasteiger partial charge is 0.326 e. The van der Waals surface area contributed by atoms with E-state index >= 15 is 0 Å². The molecule has 1 rings (SSSR count). The molecular weight excluding hydrogens is 217 g/mol. The van der Waals surface area contributed by atoms with Gasteiger partial charge in [0.15, 0.2) is 0 Å². The molecule has 0 saturated heterocycles. The molecule has 92 valence electrons. The monoisotopic (exact) mass is 235 g/mol. The predicted octanol–water partition coefficient (Wildman–Crippen LogP) is 3.61. The van der Waals surface area contributed by atoms with Crippen molar-refractivity contribution in [1.29, 1.82) is 0 Å². The van der Waals surface area contributed by atoms with Crippen LogP contribution in [-0.2, 0) is 4.79 Å². The van der Waals surface area contributed by atoms with Crippen LogP contribution < -0.4 is 5.32 Å². The quantitative estimate of drug-likeness (QED) is 0.776. The third kappa shape index (κ3) is 4.39. The number of allylic oxidation sites excluding steroid dienone is 1. The highest BCUT2D eigenvalue weighted by molar-refractivity contribution is 5.90. The summed E-state index contributed by atoms with van der Waals surface area (Å²) in [6, 6.07) is 5.74. The summed E-state index contributed by atoms with van der Waals surface area (Å²) in [5.74, 6) is 0.159. The van der Waals surface area contributed by atoms with E-state index in [-0.39, 0.29) is 17.6 Å². The average molecular weight is 235 g/mol. The summed E-state index contributed by atoms with van der Waals surface area (Å²) in [7, 11) is 0. The number of nitrogens with one attached hydrogen (secondary N) is 1. The summed E-state index contributed by atoms with van der Waals surface area (Å²) < 4.78 is 12.7. The molecule has 0 aliphatic rings. The third-order valence-corrected chi connectivity index (χ3v) is 2.71. The molecule has 1 aromatic carbocycles. The molecule has 0 fully saturated rings. The van der Waals surface area contributed by atoms with E-state index in [4.69, 9.17) is 0 Å². The van der Waals surface area contributed by atoms with Gasteiger partial charge in [-0.3, -0.25) is 4.79 Å². The van der Waals surface area contributed by atoms with Crippen LogP contribution in [0, 0.1) is 17.7 Å². The number of hydrogen-bond acceptors (Lipinski definition) is 1. The molecular formula is C14H18FNO. The highest BCUT2D eigenvalue weighted by Crippen LogP contribution is 2.17. The Balaban J connectivity index is 2.54. The molecule has 17 heavy (non-hydrogen) atoms. The van der Waals surface area contributed by atoms with Crippen LogP contribution in [0.2, 0.25) is 0 Å². The van der Waals surface area contributed by atoms with Crippen molar-refractivity contribution in [2.75, 3.05) is 5.32 Å². The highest BCUT2D eigenvalue weighted by Gasteiger charge is 2.14. The zero-order valence-corrected chi connectivity index (χ0v) is 10.2. The van der Waals surface area contributed by atoms with Gasteiger partial charge in [0, 0.05) is 12.1 Å². The molecule has 0 saturated carbocycles. The zero-order valence-electron chi connectivity index (χ0n) is 10.2. The van der Waals surface area contributed by atoms with Crippen molar-refractivity contribution in [2.45, 2.75) is 20.3 Å².